The summed E-state index contributed by atoms with van der Waals surface area (Å²) >= 11 is 0. The zero-order valence-corrected chi connectivity index (χ0v) is 20.7. The standard InChI is InChI=1S/C28H35N3O4/c1-3-33-24-11-7-21(8-12-24)5-6-22-17-19-31(20-18-22)27(32)16-15-26-29-28(30-35-26)23-9-13-25(14-10-23)34-4-2/h7-14,22H,3-6,15-20H2,1-2H3. The quantitative estimate of drug-likeness (QED) is 0.371. The lowest BCUT2D eigenvalue weighted by atomic mass is 9.90. The van der Waals surface area contributed by atoms with Crippen LogP contribution in [-0.4, -0.2) is 47.3 Å². The van der Waals surface area contributed by atoms with Gasteiger partial charge in [-0.3, -0.25) is 4.79 Å². The highest BCUT2D eigenvalue weighted by molar-refractivity contribution is 5.76. The number of piperidine rings is 1. The number of nitrogens with zero attached hydrogens (tertiary/aromatic N) is 3. The molecule has 0 saturated carbocycles. The summed E-state index contributed by atoms with van der Waals surface area (Å²) < 4.78 is 16.4. The molecule has 0 aliphatic carbocycles. The van der Waals surface area contributed by atoms with E-state index < -0.39 is 0 Å². The van der Waals surface area contributed by atoms with E-state index in [4.69, 9.17) is 14.0 Å². The van der Waals surface area contributed by atoms with E-state index in [9.17, 15) is 4.79 Å². The summed E-state index contributed by atoms with van der Waals surface area (Å²) in [6.45, 7) is 6.92. The highest BCUT2D eigenvalue weighted by atomic mass is 16.5. The highest BCUT2D eigenvalue weighted by Crippen LogP contribution is 2.24. The van der Waals surface area contributed by atoms with Crippen LogP contribution in [0.5, 0.6) is 11.5 Å². The predicted molar refractivity (Wildman–Crippen MR) is 134 cm³/mol. The molecule has 1 saturated heterocycles. The number of hydrogen-bond donors (Lipinski definition) is 0. The summed E-state index contributed by atoms with van der Waals surface area (Å²) in [5.74, 6) is 3.59. The largest absolute Gasteiger partial charge is 0.494 e. The first-order valence-corrected chi connectivity index (χ1v) is 12.7. The molecule has 1 aromatic heterocycles. The summed E-state index contributed by atoms with van der Waals surface area (Å²) in [4.78, 5) is 19.2. The van der Waals surface area contributed by atoms with E-state index in [-0.39, 0.29) is 5.91 Å². The Bertz CT molecular complexity index is 1050. The topological polar surface area (TPSA) is 77.7 Å². The van der Waals surface area contributed by atoms with Gasteiger partial charge in [-0.2, -0.15) is 4.98 Å². The minimum atomic E-state index is 0.163. The smallest absolute Gasteiger partial charge is 0.227 e. The van der Waals surface area contributed by atoms with Gasteiger partial charge in [-0.15, -0.1) is 0 Å². The van der Waals surface area contributed by atoms with Crippen LogP contribution in [0.15, 0.2) is 53.1 Å². The van der Waals surface area contributed by atoms with Crippen molar-refractivity contribution in [2.75, 3.05) is 26.3 Å². The van der Waals surface area contributed by atoms with Gasteiger partial charge in [-0.25, -0.2) is 0 Å². The molecule has 4 rings (SSSR count). The van der Waals surface area contributed by atoms with E-state index in [1.54, 1.807) is 0 Å². The van der Waals surface area contributed by atoms with Crippen molar-refractivity contribution in [3.8, 4) is 22.9 Å². The van der Waals surface area contributed by atoms with Crippen molar-refractivity contribution in [3.05, 3.63) is 60.0 Å². The number of amides is 1. The van der Waals surface area contributed by atoms with Gasteiger partial charge in [0.25, 0.3) is 0 Å². The van der Waals surface area contributed by atoms with Crippen molar-refractivity contribution in [2.24, 2.45) is 5.92 Å². The molecule has 0 spiro atoms. The number of carbonyl (C=O) groups is 1. The molecule has 3 aromatic rings. The van der Waals surface area contributed by atoms with Crippen LogP contribution in [-0.2, 0) is 17.6 Å². The van der Waals surface area contributed by atoms with Crippen molar-refractivity contribution in [3.63, 3.8) is 0 Å². The van der Waals surface area contributed by atoms with Gasteiger partial charge in [-0.1, -0.05) is 17.3 Å². The lowest BCUT2D eigenvalue weighted by molar-refractivity contribution is -0.132. The van der Waals surface area contributed by atoms with Crippen LogP contribution >= 0.6 is 0 Å². The van der Waals surface area contributed by atoms with Crippen LogP contribution in [0.25, 0.3) is 11.4 Å². The highest BCUT2D eigenvalue weighted by Gasteiger charge is 2.23. The minimum absolute atomic E-state index is 0.163. The Kier molecular flexibility index (Phi) is 8.76. The maximum atomic E-state index is 12.7. The number of hydrogen-bond acceptors (Lipinski definition) is 6. The molecular weight excluding hydrogens is 442 g/mol. The summed E-state index contributed by atoms with van der Waals surface area (Å²) in [6, 6.07) is 16.0. The third kappa shape index (κ3) is 7.07. The van der Waals surface area contributed by atoms with Gasteiger partial charge in [0.05, 0.1) is 13.2 Å². The fraction of sp³-hybridized carbons (Fsp3) is 0.464. The Morgan fingerprint density at radius 3 is 2.20 bits per heavy atom. The lowest BCUT2D eigenvalue weighted by Crippen LogP contribution is -2.38. The van der Waals surface area contributed by atoms with E-state index in [1.807, 2.05) is 55.1 Å². The molecule has 0 N–H and O–H groups in total. The molecule has 0 radical (unpaired) electrons. The molecule has 1 fully saturated rings. The normalized spacial score (nSPS) is 14.2. The van der Waals surface area contributed by atoms with Crippen molar-refractivity contribution in [2.45, 2.75) is 52.4 Å². The number of benzene rings is 2. The number of likely N-dealkylation sites (tertiary alicyclic amines) is 1. The number of carbonyl (C=O) groups excluding carboxylic acids is 1. The molecule has 0 unspecified atom stereocenters. The van der Waals surface area contributed by atoms with E-state index in [0.29, 0.717) is 43.7 Å². The molecule has 2 heterocycles. The first-order valence-electron chi connectivity index (χ1n) is 12.7. The SMILES string of the molecule is CCOc1ccc(CCC2CCN(C(=O)CCc3nc(-c4ccc(OCC)cc4)no3)CC2)cc1. The molecular formula is C28H35N3O4. The van der Waals surface area contributed by atoms with Crippen molar-refractivity contribution < 1.29 is 18.8 Å². The van der Waals surface area contributed by atoms with E-state index in [1.165, 1.54) is 5.56 Å². The second-order valence-electron chi connectivity index (χ2n) is 8.91. The van der Waals surface area contributed by atoms with Crippen LogP contribution in [0.2, 0.25) is 0 Å². The average Bonchev–Trinajstić information content (AvgIpc) is 3.37. The zero-order valence-electron chi connectivity index (χ0n) is 20.7. The fourth-order valence-electron chi connectivity index (χ4n) is 4.47. The molecule has 0 atom stereocenters. The van der Waals surface area contributed by atoms with Gasteiger partial charge in [0.1, 0.15) is 11.5 Å². The monoisotopic (exact) mass is 477 g/mol. The van der Waals surface area contributed by atoms with Crippen LogP contribution in [0, 0.1) is 5.92 Å². The lowest BCUT2D eigenvalue weighted by Gasteiger charge is -2.32. The molecule has 186 valence electrons. The van der Waals surface area contributed by atoms with Crippen LogP contribution in [0.1, 0.15) is 51.0 Å². The first kappa shape index (κ1) is 24.8. The second kappa shape index (κ2) is 12.4. The minimum Gasteiger partial charge on any atom is -0.494 e. The van der Waals surface area contributed by atoms with Crippen LogP contribution in [0.3, 0.4) is 0 Å². The van der Waals surface area contributed by atoms with E-state index >= 15 is 0 Å². The van der Waals surface area contributed by atoms with Crippen molar-refractivity contribution >= 4 is 5.91 Å². The van der Waals surface area contributed by atoms with Gasteiger partial charge < -0.3 is 18.9 Å². The maximum absolute atomic E-state index is 12.7. The number of aryl methyl sites for hydroxylation is 2. The molecule has 7 heteroatoms. The number of ether oxygens (including phenoxy) is 2. The van der Waals surface area contributed by atoms with Gasteiger partial charge in [-0.05, 0) is 87.4 Å². The predicted octanol–water partition coefficient (Wildman–Crippen LogP) is 5.34. The van der Waals surface area contributed by atoms with Gasteiger partial charge in [0, 0.05) is 31.5 Å². The average molecular weight is 478 g/mol. The molecule has 35 heavy (non-hydrogen) atoms. The number of rotatable bonds is 11. The maximum Gasteiger partial charge on any atom is 0.227 e. The Morgan fingerprint density at radius 2 is 1.57 bits per heavy atom. The molecule has 1 amide bonds. The third-order valence-corrected chi connectivity index (χ3v) is 6.49. The summed E-state index contributed by atoms with van der Waals surface area (Å²) in [5.41, 5.74) is 2.21. The summed E-state index contributed by atoms with van der Waals surface area (Å²) in [6.07, 6.45) is 5.20. The van der Waals surface area contributed by atoms with Gasteiger partial charge in [0.2, 0.25) is 17.6 Å². The van der Waals surface area contributed by atoms with Crippen molar-refractivity contribution in [1.29, 1.82) is 0 Å². The third-order valence-electron chi connectivity index (χ3n) is 6.49. The fourth-order valence-corrected chi connectivity index (χ4v) is 4.47. The van der Waals surface area contributed by atoms with E-state index in [0.717, 1.165) is 55.8 Å². The van der Waals surface area contributed by atoms with Gasteiger partial charge >= 0.3 is 0 Å². The van der Waals surface area contributed by atoms with Gasteiger partial charge in [0.15, 0.2) is 0 Å². The summed E-state index contributed by atoms with van der Waals surface area (Å²) in [5, 5.41) is 4.06. The second-order valence-corrected chi connectivity index (χ2v) is 8.91. The molecule has 2 aromatic carbocycles. The molecule has 7 nitrogen and oxygen atoms in total. The van der Waals surface area contributed by atoms with Crippen LogP contribution < -0.4 is 9.47 Å². The Balaban J connectivity index is 1.17. The molecule has 1 aliphatic heterocycles. The summed E-state index contributed by atoms with van der Waals surface area (Å²) in [7, 11) is 0. The first-order chi connectivity index (χ1) is 17.1. The van der Waals surface area contributed by atoms with Crippen molar-refractivity contribution in [1.82, 2.24) is 15.0 Å². The Morgan fingerprint density at radius 1 is 0.943 bits per heavy atom. The Hall–Kier alpha value is -3.35. The Labute approximate surface area is 207 Å². The molecule has 1 aliphatic rings. The van der Waals surface area contributed by atoms with Crippen LogP contribution in [0.4, 0.5) is 0 Å². The molecule has 0 bridgehead atoms. The van der Waals surface area contributed by atoms with E-state index in [2.05, 4.69) is 22.3 Å². The zero-order chi connectivity index (χ0) is 24.5. The number of aromatic nitrogens is 2.